The van der Waals surface area contributed by atoms with Gasteiger partial charge in [0.05, 0.1) is 37.7 Å². The number of nitrogens with one attached hydrogen (secondary N) is 2. The maximum Gasteiger partial charge on any atom is 0.233 e. The molecule has 0 bridgehead atoms. The second kappa shape index (κ2) is 13.0. The minimum absolute atomic E-state index is 0.117. The summed E-state index contributed by atoms with van der Waals surface area (Å²) in [5.74, 6) is 2.34. The fraction of sp³-hybridized carbons (Fsp3) is 0.222. The van der Waals surface area contributed by atoms with Crippen molar-refractivity contribution in [3.63, 3.8) is 0 Å². The number of benzene rings is 3. The van der Waals surface area contributed by atoms with Crippen LogP contribution in [0.4, 0.5) is 17.2 Å². The number of carbonyl (C=O) groups excluding carboxylic acids is 1. The van der Waals surface area contributed by atoms with Gasteiger partial charge in [0.15, 0.2) is 8.38 Å². The van der Waals surface area contributed by atoms with Crippen LogP contribution in [0.1, 0.15) is 13.8 Å². The van der Waals surface area contributed by atoms with Crippen molar-refractivity contribution in [1.82, 2.24) is 9.97 Å². The predicted molar refractivity (Wildman–Crippen MR) is 146 cm³/mol. The quantitative estimate of drug-likeness (QED) is 0.204. The summed E-state index contributed by atoms with van der Waals surface area (Å²) < 4.78 is 22.5. The lowest BCUT2D eigenvalue weighted by Crippen LogP contribution is -2.17. The number of hydrogen-bond donors (Lipinski definition) is 2. The Labute approximate surface area is 217 Å². The van der Waals surface area contributed by atoms with Crippen LogP contribution in [0.5, 0.6) is 17.2 Å². The first kappa shape index (κ1) is 26.3. The first-order valence-corrected chi connectivity index (χ1v) is 13.2. The molecule has 37 heavy (non-hydrogen) atoms. The molecule has 192 valence electrons. The Morgan fingerprint density at radius 2 is 1.62 bits per heavy atom. The van der Waals surface area contributed by atoms with E-state index in [9.17, 15) is 4.79 Å². The Balaban J connectivity index is 1.53. The van der Waals surface area contributed by atoms with Crippen molar-refractivity contribution in [2.45, 2.75) is 13.8 Å². The van der Waals surface area contributed by atoms with Crippen molar-refractivity contribution in [3.05, 3.63) is 73.1 Å². The second-order valence-corrected chi connectivity index (χ2v) is 9.23. The Bertz CT molecular complexity index is 1320. The van der Waals surface area contributed by atoms with Gasteiger partial charge >= 0.3 is 0 Å². The van der Waals surface area contributed by atoms with E-state index in [4.69, 9.17) is 18.5 Å². The fourth-order valence-electron chi connectivity index (χ4n) is 3.54. The third kappa shape index (κ3) is 7.13. The highest BCUT2D eigenvalue weighted by Crippen LogP contribution is 2.39. The highest BCUT2D eigenvalue weighted by atomic mass is 31.2. The molecule has 4 rings (SSSR count). The van der Waals surface area contributed by atoms with Gasteiger partial charge in [-0.25, -0.2) is 9.97 Å². The van der Waals surface area contributed by atoms with E-state index in [1.807, 2.05) is 68.4 Å². The molecule has 0 fully saturated rings. The van der Waals surface area contributed by atoms with Crippen molar-refractivity contribution in [3.8, 4) is 17.2 Å². The Kier molecular flexibility index (Phi) is 9.21. The zero-order valence-electron chi connectivity index (χ0n) is 20.9. The third-order valence-corrected chi connectivity index (χ3v) is 6.78. The number of rotatable bonds is 12. The van der Waals surface area contributed by atoms with Crippen molar-refractivity contribution < 1.29 is 23.3 Å². The van der Waals surface area contributed by atoms with Gasteiger partial charge in [-0.3, -0.25) is 4.79 Å². The highest BCUT2D eigenvalue weighted by molar-refractivity contribution is 7.48. The van der Waals surface area contributed by atoms with Crippen LogP contribution in [0.25, 0.3) is 10.9 Å². The molecule has 0 aliphatic rings. The second-order valence-electron chi connectivity index (χ2n) is 7.73. The number of amides is 1. The fourth-order valence-corrected chi connectivity index (χ4v) is 4.69. The number of aromatic nitrogens is 2. The summed E-state index contributed by atoms with van der Waals surface area (Å²) in [6.07, 6.45) is 1.60. The van der Waals surface area contributed by atoms with E-state index in [2.05, 4.69) is 20.6 Å². The van der Waals surface area contributed by atoms with Crippen molar-refractivity contribution in [2.75, 3.05) is 37.1 Å². The van der Waals surface area contributed by atoms with E-state index in [0.717, 1.165) is 22.6 Å². The van der Waals surface area contributed by atoms with Crippen LogP contribution >= 0.6 is 8.38 Å². The van der Waals surface area contributed by atoms with E-state index in [1.165, 1.54) is 6.33 Å². The van der Waals surface area contributed by atoms with Gasteiger partial charge < -0.3 is 29.2 Å². The minimum Gasteiger partial charge on any atom is -0.494 e. The Morgan fingerprint density at radius 3 is 2.30 bits per heavy atom. The lowest BCUT2D eigenvalue weighted by molar-refractivity contribution is -0.114. The van der Waals surface area contributed by atoms with Gasteiger partial charge in [-0.1, -0.05) is 18.2 Å². The molecule has 0 radical (unpaired) electrons. The summed E-state index contributed by atoms with van der Waals surface area (Å²) in [7, 11) is 0.241. The molecule has 4 aromatic rings. The number of ether oxygens (including phenoxy) is 2. The molecule has 1 heterocycles. The number of carbonyl (C=O) groups is 1. The summed E-state index contributed by atoms with van der Waals surface area (Å²) >= 11 is 0. The van der Waals surface area contributed by atoms with Crippen LogP contribution in [0.2, 0.25) is 0 Å². The van der Waals surface area contributed by atoms with Crippen LogP contribution in [0.3, 0.4) is 0 Å². The average Bonchev–Trinajstić information content (AvgIpc) is 2.90. The van der Waals surface area contributed by atoms with Gasteiger partial charge in [-0.2, -0.15) is 0 Å². The first-order chi connectivity index (χ1) is 18.1. The molecule has 3 aromatic carbocycles. The molecule has 10 heteroatoms. The molecular formula is C27H29N4O5P. The molecule has 0 aliphatic heterocycles. The van der Waals surface area contributed by atoms with E-state index in [-0.39, 0.29) is 12.1 Å². The number of fused-ring (bicyclic) bond motifs is 1. The Morgan fingerprint density at radius 1 is 0.919 bits per heavy atom. The number of methoxy groups -OCH3 is 1. The normalized spacial score (nSPS) is 10.9. The highest BCUT2D eigenvalue weighted by Gasteiger charge is 2.18. The molecule has 0 aliphatic carbocycles. The molecule has 1 amide bonds. The van der Waals surface area contributed by atoms with Gasteiger partial charge in [-0.15, -0.1) is 0 Å². The van der Waals surface area contributed by atoms with Crippen LogP contribution < -0.4 is 20.1 Å². The topological polar surface area (TPSA) is 104 Å². The summed E-state index contributed by atoms with van der Waals surface area (Å²) in [6, 6.07) is 20.7. The predicted octanol–water partition coefficient (Wildman–Crippen LogP) is 6.50. The molecule has 2 N–H and O–H groups in total. The maximum absolute atomic E-state index is 12.7. The largest absolute Gasteiger partial charge is 0.494 e. The van der Waals surface area contributed by atoms with E-state index in [1.54, 1.807) is 19.2 Å². The van der Waals surface area contributed by atoms with Crippen LogP contribution in [0, 0.1) is 0 Å². The lowest BCUT2D eigenvalue weighted by atomic mass is 10.2. The van der Waals surface area contributed by atoms with Gasteiger partial charge in [0, 0.05) is 17.1 Å². The molecular weight excluding hydrogens is 491 g/mol. The SMILES string of the molecule is CCOP(CC(=O)Nc1cc2c(Nc3ccc(Oc4ccccc4)cc3)ncnc2cc1OC)OCC. The summed E-state index contributed by atoms with van der Waals surface area (Å²) in [6.45, 7) is 4.70. The zero-order chi connectivity index (χ0) is 26.0. The molecule has 0 saturated carbocycles. The smallest absolute Gasteiger partial charge is 0.233 e. The maximum atomic E-state index is 12.7. The molecule has 0 saturated heterocycles. The van der Waals surface area contributed by atoms with Crippen LogP contribution in [-0.2, 0) is 13.8 Å². The monoisotopic (exact) mass is 520 g/mol. The van der Waals surface area contributed by atoms with Gasteiger partial charge in [0.2, 0.25) is 5.91 Å². The molecule has 1 aromatic heterocycles. The van der Waals surface area contributed by atoms with E-state index < -0.39 is 8.38 Å². The molecule has 9 nitrogen and oxygen atoms in total. The number of hydrogen-bond acceptors (Lipinski definition) is 8. The lowest BCUT2D eigenvalue weighted by Gasteiger charge is -2.17. The molecule has 0 unspecified atom stereocenters. The molecule has 0 spiro atoms. The number of anilines is 3. The summed E-state index contributed by atoms with van der Waals surface area (Å²) in [5, 5.41) is 6.96. The van der Waals surface area contributed by atoms with Crippen molar-refractivity contribution in [1.29, 1.82) is 0 Å². The number of nitrogens with zero attached hydrogens (tertiary/aromatic N) is 2. The average molecular weight is 521 g/mol. The van der Waals surface area contributed by atoms with Crippen molar-refractivity contribution in [2.24, 2.45) is 0 Å². The minimum atomic E-state index is -1.30. The summed E-state index contributed by atoms with van der Waals surface area (Å²) in [4.78, 5) is 21.5. The first-order valence-electron chi connectivity index (χ1n) is 11.9. The van der Waals surface area contributed by atoms with Crippen LogP contribution in [-0.4, -0.2) is 42.4 Å². The zero-order valence-corrected chi connectivity index (χ0v) is 21.8. The molecule has 0 atom stereocenters. The van der Waals surface area contributed by atoms with E-state index >= 15 is 0 Å². The van der Waals surface area contributed by atoms with Crippen molar-refractivity contribution >= 4 is 42.4 Å². The van der Waals surface area contributed by atoms with Gasteiger partial charge in [0.25, 0.3) is 0 Å². The third-order valence-electron chi connectivity index (χ3n) is 5.15. The standard InChI is InChI=1S/C27H29N4O5P/c1-4-34-37(35-5-2)17-26(32)31-24-15-22-23(16-25(24)33-3)28-18-29-27(22)30-19-11-13-21(14-12-19)36-20-9-7-6-8-10-20/h6-16,18H,4-5,17H2,1-3H3,(H,31,32)(H,28,29,30). The summed E-state index contributed by atoms with van der Waals surface area (Å²) in [5.41, 5.74) is 2.00. The van der Waals surface area contributed by atoms with Gasteiger partial charge in [-0.05, 0) is 56.3 Å². The Hall–Kier alpha value is -3.78. The number of para-hydroxylation sites is 1. The van der Waals surface area contributed by atoms with E-state index in [0.29, 0.717) is 36.0 Å². The van der Waals surface area contributed by atoms with Gasteiger partial charge in [0.1, 0.15) is 29.4 Å². The van der Waals surface area contributed by atoms with Crippen LogP contribution in [0.15, 0.2) is 73.1 Å².